The molecule has 1 aliphatic rings. The van der Waals surface area contributed by atoms with Crippen molar-refractivity contribution in [3.05, 3.63) is 34.6 Å². The number of aromatic nitrogens is 3. The maximum absolute atomic E-state index is 12.9. The van der Waals surface area contributed by atoms with Crippen molar-refractivity contribution in [3.8, 4) is 28.8 Å². The van der Waals surface area contributed by atoms with E-state index in [-0.39, 0.29) is 25.2 Å². The summed E-state index contributed by atoms with van der Waals surface area (Å²) in [6.07, 6.45) is 0. The molecular weight excluding hydrogens is 482 g/mol. The van der Waals surface area contributed by atoms with Gasteiger partial charge in [0, 0.05) is 44.4 Å². The fourth-order valence-electron chi connectivity index (χ4n) is 4.12. The number of ether oxygens (including phenoxy) is 3. The quantitative estimate of drug-likeness (QED) is 0.375. The Balaban J connectivity index is 0.00000121. The number of methoxy groups -OCH3 is 2. The van der Waals surface area contributed by atoms with Gasteiger partial charge in [-0.1, -0.05) is 0 Å². The van der Waals surface area contributed by atoms with E-state index in [9.17, 15) is 9.90 Å². The number of piperazine rings is 1. The lowest BCUT2D eigenvalue weighted by Crippen LogP contribution is -2.49. The fourth-order valence-corrected chi connectivity index (χ4v) is 4.12. The number of carboxylic acid groups (broad SMARTS) is 1. The van der Waals surface area contributed by atoms with Crippen LogP contribution in [0.2, 0.25) is 0 Å². The fraction of sp³-hybridized carbons (Fsp3) is 0.440. The van der Waals surface area contributed by atoms with Gasteiger partial charge >= 0.3 is 0 Å². The highest BCUT2D eigenvalue weighted by molar-refractivity contribution is 5.87. The molecule has 0 atom stereocenters. The zero-order valence-electron chi connectivity index (χ0n) is 21.4. The molecule has 1 aliphatic heterocycles. The molecular formula is C25H33N5O7. The summed E-state index contributed by atoms with van der Waals surface area (Å²) in [4.78, 5) is 38.2. The summed E-state index contributed by atoms with van der Waals surface area (Å²) in [5.41, 5.74) is 0.636. The van der Waals surface area contributed by atoms with Gasteiger partial charge in [-0.25, -0.2) is 9.97 Å². The molecule has 1 aromatic carbocycles. The molecule has 0 radical (unpaired) electrons. The van der Waals surface area contributed by atoms with E-state index in [0.717, 1.165) is 26.2 Å². The van der Waals surface area contributed by atoms with Crippen LogP contribution < -0.4 is 24.7 Å². The van der Waals surface area contributed by atoms with Gasteiger partial charge in [-0.2, -0.15) is 0 Å². The zero-order chi connectivity index (χ0) is 26.9. The SMILES string of the molecule is COc1cc(OC)c2c(=O)[nH]c(-c3ccc(OCCO)c(N4CCN(C(C)C)CC4)n3)nc2c1.O=CO. The van der Waals surface area contributed by atoms with E-state index in [1.54, 1.807) is 31.4 Å². The second-order valence-electron chi connectivity index (χ2n) is 8.45. The van der Waals surface area contributed by atoms with Gasteiger partial charge in [0.25, 0.3) is 12.0 Å². The van der Waals surface area contributed by atoms with Gasteiger partial charge in [0.15, 0.2) is 17.4 Å². The van der Waals surface area contributed by atoms with Crippen molar-refractivity contribution in [3.63, 3.8) is 0 Å². The molecule has 3 aromatic rings. The van der Waals surface area contributed by atoms with Gasteiger partial charge in [0.2, 0.25) is 0 Å². The lowest BCUT2D eigenvalue weighted by Gasteiger charge is -2.38. The van der Waals surface area contributed by atoms with Crippen molar-refractivity contribution in [2.45, 2.75) is 19.9 Å². The Morgan fingerprint density at radius 2 is 1.78 bits per heavy atom. The summed E-state index contributed by atoms with van der Waals surface area (Å²) >= 11 is 0. The largest absolute Gasteiger partial charge is 0.497 e. The number of aliphatic hydroxyl groups excluding tert-OH is 1. The van der Waals surface area contributed by atoms with Crippen LogP contribution in [0, 0.1) is 0 Å². The van der Waals surface area contributed by atoms with Crippen molar-refractivity contribution >= 4 is 23.2 Å². The molecule has 0 unspecified atom stereocenters. The second-order valence-corrected chi connectivity index (χ2v) is 8.45. The van der Waals surface area contributed by atoms with Crippen LogP contribution in [0.4, 0.5) is 5.82 Å². The average molecular weight is 516 g/mol. The number of pyridine rings is 1. The summed E-state index contributed by atoms with van der Waals surface area (Å²) < 4.78 is 16.5. The molecule has 0 saturated carbocycles. The number of carbonyl (C=O) groups is 1. The minimum absolute atomic E-state index is 0.0917. The molecule has 3 N–H and O–H groups in total. The van der Waals surface area contributed by atoms with Crippen LogP contribution >= 0.6 is 0 Å². The molecule has 4 rings (SSSR count). The number of anilines is 1. The zero-order valence-corrected chi connectivity index (χ0v) is 21.4. The van der Waals surface area contributed by atoms with Crippen molar-refractivity contribution < 1.29 is 29.2 Å². The van der Waals surface area contributed by atoms with Crippen LogP contribution in [-0.4, -0.2) is 96.2 Å². The van der Waals surface area contributed by atoms with E-state index in [0.29, 0.717) is 51.5 Å². The number of hydrogen-bond donors (Lipinski definition) is 3. The Bertz CT molecular complexity index is 1260. The molecule has 0 amide bonds. The number of aromatic amines is 1. The van der Waals surface area contributed by atoms with E-state index >= 15 is 0 Å². The highest BCUT2D eigenvalue weighted by Gasteiger charge is 2.23. The average Bonchev–Trinajstić information content (AvgIpc) is 2.91. The highest BCUT2D eigenvalue weighted by atomic mass is 16.5. The Morgan fingerprint density at radius 3 is 2.38 bits per heavy atom. The first-order valence-electron chi connectivity index (χ1n) is 11.8. The summed E-state index contributed by atoms with van der Waals surface area (Å²) in [7, 11) is 3.05. The van der Waals surface area contributed by atoms with Crippen LogP contribution in [0.3, 0.4) is 0 Å². The van der Waals surface area contributed by atoms with Gasteiger partial charge in [-0.3, -0.25) is 14.5 Å². The van der Waals surface area contributed by atoms with Crippen LogP contribution in [0.5, 0.6) is 17.2 Å². The normalized spacial score (nSPS) is 13.7. The number of benzene rings is 1. The molecule has 12 heteroatoms. The van der Waals surface area contributed by atoms with Crippen molar-refractivity contribution in [2.75, 3.05) is 58.5 Å². The predicted octanol–water partition coefficient (Wildman–Crippen LogP) is 1.60. The number of H-pyrrole nitrogens is 1. The smallest absolute Gasteiger partial charge is 0.290 e. The first kappa shape index (κ1) is 27.7. The molecule has 0 bridgehead atoms. The van der Waals surface area contributed by atoms with E-state index in [4.69, 9.17) is 29.1 Å². The minimum Gasteiger partial charge on any atom is -0.497 e. The number of hydrogen-bond acceptors (Lipinski definition) is 10. The topological polar surface area (TPSA) is 150 Å². The number of nitrogens with zero attached hydrogens (tertiary/aromatic N) is 4. The summed E-state index contributed by atoms with van der Waals surface area (Å²) in [5.74, 6) is 2.52. The maximum Gasteiger partial charge on any atom is 0.290 e. The van der Waals surface area contributed by atoms with E-state index in [1.807, 2.05) is 0 Å². The van der Waals surface area contributed by atoms with Crippen molar-refractivity contribution in [1.29, 1.82) is 0 Å². The Hall–Kier alpha value is -3.90. The van der Waals surface area contributed by atoms with Crippen LogP contribution in [0.15, 0.2) is 29.1 Å². The maximum atomic E-state index is 12.9. The van der Waals surface area contributed by atoms with E-state index in [2.05, 4.69) is 33.6 Å². The van der Waals surface area contributed by atoms with Gasteiger partial charge in [-0.05, 0) is 26.0 Å². The molecule has 12 nitrogen and oxygen atoms in total. The van der Waals surface area contributed by atoms with E-state index < -0.39 is 0 Å². The van der Waals surface area contributed by atoms with E-state index in [1.165, 1.54) is 7.11 Å². The first-order chi connectivity index (χ1) is 17.9. The van der Waals surface area contributed by atoms with Crippen molar-refractivity contribution in [1.82, 2.24) is 19.9 Å². The number of fused-ring (bicyclic) bond motifs is 1. The number of rotatable bonds is 8. The van der Waals surface area contributed by atoms with Gasteiger partial charge < -0.3 is 34.3 Å². The third kappa shape index (κ3) is 6.46. The second kappa shape index (κ2) is 12.9. The van der Waals surface area contributed by atoms with Crippen molar-refractivity contribution in [2.24, 2.45) is 0 Å². The summed E-state index contributed by atoms with van der Waals surface area (Å²) in [5, 5.41) is 16.5. The Kier molecular flexibility index (Phi) is 9.64. The van der Waals surface area contributed by atoms with Gasteiger partial charge in [0.05, 0.1) is 26.3 Å². The third-order valence-corrected chi connectivity index (χ3v) is 5.98. The number of aliphatic hydroxyl groups is 1. The predicted molar refractivity (Wildman–Crippen MR) is 139 cm³/mol. The lowest BCUT2D eigenvalue weighted by atomic mass is 10.2. The summed E-state index contributed by atoms with van der Waals surface area (Å²) in [6.45, 7) is 7.62. The standard InChI is InChI=1S/C24H31N5O5.CH2O2/c1-15(2)28-7-9-29(10-8-28)23-19(34-12-11-30)6-5-17(26-23)22-25-18-13-16(32-3)14-20(33-4)21(18)24(31)27-22;2-1-3/h5-6,13-15,30H,7-12H2,1-4H3,(H,25,27,31);1H,(H,2,3). The molecule has 0 spiro atoms. The summed E-state index contributed by atoms with van der Waals surface area (Å²) in [6, 6.07) is 7.38. The molecule has 1 fully saturated rings. The first-order valence-corrected chi connectivity index (χ1v) is 11.8. The lowest BCUT2D eigenvalue weighted by molar-refractivity contribution is -0.122. The highest BCUT2D eigenvalue weighted by Crippen LogP contribution is 2.32. The van der Waals surface area contributed by atoms with Gasteiger partial charge in [0.1, 0.15) is 29.2 Å². The molecule has 200 valence electrons. The molecule has 0 aliphatic carbocycles. The number of nitrogens with one attached hydrogen (secondary N) is 1. The monoisotopic (exact) mass is 515 g/mol. The molecule has 3 heterocycles. The van der Waals surface area contributed by atoms with Crippen LogP contribution in [-0.2, 0) is 4.79 Å². The van der Waals surface area contributed by atoms with Crippen LogP contribution in [0.1, 0.15) is 13.8 Å². The minimum atomic E-state index is -0.325. The van der Waals surface area contributed by atoms with Gasteiger partial charge in [-0.15, -0.1) is 0 Å². The third-order valence-electron chi connectivity index (χ3n) is 5.98. The molecule has 37 heavy (non-hydrogen) atoms. The Labute approximate surface area is 214 Å². The molecule has 2 aromatic heterocycles. The Morgan fingerprint density at radius 1 is 1.08 bits per heavy atom. The van der Waals surface area contributed by atoms with Crippen LogP contribution in [0.25, 0.3) is 22.4 Å². The molecule has 1 saturated heterocycles.